The van der Waals surface area contributed by atoms with Crippen molar-refractivity contribution in [1.82, 2.24) is 0 Å². The number of benzene rings is 2. The first-order valence-electron chi connectivity index (χ1n) is 8.76. The van der Waals surface area contributed by atoms with Crippen molar-refractivity contribution in [3.05, 3.63) is 66.2 Å². The highest BCUT2D eigenvalue weighted by atomic mass is 35.5. The second-order valence-electron chi connectivity index (χ2n) is 6.51. The average molecular weight is 439 g/mol. The lowest BCUT2D eigenvalue weighted by molar-refractivity contribution is -0.393. The van der Waals surface area contributed by atoms with E-state index in [1.54, 1.807) is 4.90 Å². The monoisotopic (exact) mass is 438 g/mol. The van der Waals surface area contributed by atoms with Gasteiger partial charge < -0.3 is 10.2 Å². The van der Waals surface area contributed by atoms with Crippen molar-refractivity contribution < 1.29 is 14.6 Å². The molecule has 1 fully saturated rings. The van der Waals surface area contributed by atoms with E-state index in [1.807, 2.05) is 0 Å². The molecule has 2 aromatic rings. The number of nitro benzene ring substituents is 2. The normalized spacial score (nSPS) is 13.8. The van der Waals surface area contributed by atoms with E-state index in [4.69, 9.17) is 23.2 Å². The van der Waals surface area contributed by atoms with Gasteiger partial charge in [-0.3, -0.25) is 25.0 Å². The second kappa shape index (κ2) is 8.62. The number of non-ortho nitro benzene ring substituents is 1. The number of rotatable bonds is 5. The minimum atomic E-state index is -0.761. The van der Waals surface area contributed by atoms with Gasteiger partial charge in [0.1, 0.15) is 5.69 Å². The summed E-state index contributed by atoms with van der Waals surface area (Å²) in [7, 11) is 0. The quantitative estimate of drug-likeness (QED) is 0.514. The molecule has 0 bridgehead atoms. The molecular formula is C18H16Cl2N4O5. The SMILES string of the molecule is O=C(Nc1ccc(Cl)c(Cl)c1)c1cc([N+](=O)[O-])cc([N+](=O)[O-])c1N1CCCCC1. The van der Waals surface area contributed by atoms with E-state index >= 15 is 0 Å². The summed E-state index contributed by atoms with van der Waals surface area (Å²) >= 11 is 11.8. The standard InChI is InChI=1S/C18H16Cl2N4O5/c19-14-5-4-11(8-15(14)20)21-18(25)13-9-12(23(26)27)10-16(24(28)29)17(13)22-6-2-1-3-7-22/h4-5,8-10H,1-3,6-7H2,(H,21,25). The van der Waals surface area contributed by atoms with E-state index in [0.717, 1.165) is 31.4 Å². The number of carbonyl (C=O) groups is 1. The van der Waals surface area contributed by atoms with E-state index in [1.165, 1.54) is 18.2 Å². The maximum absolute atomic E-state index is 13.0. The van der Waals surface area contributed by atoms with Crippen LogP contribution in [0.3, 0.4) is 0 Å². The molecule has 1 N–H and O–H groups in total. The summed E-state index contributed by atoms with van der Waals surface area (Å²) in [5.41, 5.74) is -0.753. The summed E-state index contributed by atoms with van der Waals surface area (Å²) in [5, 5.41) is 26.0. The van der Waals surface area contributed by atoms with E-state index in [0.29, 0.717) is 23.8 Å². The van der Waals surface area contributed by atoms with Crippen molar-refractivity contribution >= 4 is 51.9 Å². The number of nitro groups is 2. The van der Waals surface area contributed by atoms with E-state index in [-0.39, 0.29) is 16.3 Å². The van der Waals surface area contributed by atoms with Gasteiger partial charge in [0.25, 0.3) is 17.3 Å². The molecule has 0 saturated carbocycles. The minimum absolute atomic E-state index is 0.0814. The average Bonchev–Trinajstić information content (AvgIpc) is 2.70. The molecule has 152 valence electrons. The lowest BCUT2D eigenvalue weighted by atomic mass is 10.0. The molecule has 0 atom stereocenters. The van der Waals surface area contributed by atoms with Crippen LogP contribution in [0.15, 0.2) is 30.3 Å². The molecule has 1 aliphatic rings. The Morgan fingerprint density at radius 3 is 2.24 bits per heavy atom. The zero-order valence-electron chi connectivity index (χ0n) is 15.1. The minimum Gasteiger partial charge on any atom is -0.365 e. The molecule has 0 spiro atoms. The molecule has 0 unspecified atom stereocenters. The first-order chi connectivity index (χ1) is 13.8. The van der Waals surface area contributed by atoms with Crippen LogP contribution in [0.4, 0.5) is 22.7 Å². The van der Waals surface area contributed by atoms with Gasteiger partial charge in [-0.1, -0.05) is 23.2 Å². The number of halogens is 2. The predicted molar refractivity (Wildman–Crippen MR) is 110 cm³/mol. The van der Waals surface area contributed by atoms with Gasteiger partial charge in [-0.25, -0.2) is 0 Å². The molecule has 1 heterocycles. The van der Waals surface area contributed by atoms with Crippen molar-refractivity contribution in [2.75, 3.05) is 23.3 Å². The fourth-order valence-corrected chi connectivity index (χ4v) is 3.54. The van der Waals surface area contributed by atoms with Crippen LogP contribution >= 0.6 is 23.2 Å². The third-order valence-corrected chi connectivity index (χ3v) is 5.32. The van der Waals surface area contributed by atoms with Gasteiger partial charge in [-0.2, -0.15) is 0 Å². The Morgan fingerprint density at radius 2 is 1.66 bits per heavy atom. The third kappa shape index (κ3) is 4.57. The number of hydrogen-bond donors (Lipinski definition) is 1. The Bertz CT molecular complexity index is 992. The van der Waals surface area contributed by atoms with Gasteiger partial charge in [0.2, 0.25) is 0 Å². The fraction of sp³-hybridized carbons (Fsp3) is 0.278. The van der Waals surface area contributed by atoms with E-state index in [2.05, 4.69) is 5.32 Å². The van der Waals surface area contributed by atoms with Gasteiger partial charge in [-0.05, 0) is 37.5 Å². The van der Waals surface area contributed by atoms with Crippen molar-refractivity contribution in [1.29, 1.82) is 0 Å². The first-order valence-corrected chi connectivity index (χ1v) is 9.51. The van der Waals surface area contributed by atoms with E-state index < -0.39 is 27.1 Å². The Hall–Kier alpha value is -2.91. The smallest absolute Gasteiger partial charge is 0.300 e. The van der Waals surface area contributed by atoms with Gasteiger partial charge in [0, 0.05) is 24.8 Å². The first kappa shape index (κ1) is 20.8. The number of amides is 1. The summed E-state index contributed by atoms with van der Waals surface area (Å²) in [6.07, 6.45) is 2.59. The highest BCUT2D eigenvalue weighted by Gasteiger charge is 2.31. The lowest BCUT2D eigenvalue weighted by Crippen LogP contribution is -2.32. The number of hydrogen-bond acceptors (Lipinski definition) is 6. The van der Waals surface area contributed by atoms with Crippen LogP contribution in [-0.4, -0.2) is 28.8 Å². The summed E-state index contributed by atoms with van der Waals surface area (Å²) in [4.78, 5) is 36.2. The number of piperidine rings is 1. The van der Waals surface area contributed by atoms with Crippen LogP contribution in [0.1, 0.15) is 29.6 Å². The Morgan fingerprint density at radius 1 is 0.966 bits per heavy atom. The molecule has 1 saturated heterocycles. The number of anilines is 2. The van der Waals surface area contributed by atoms with Crippen LogP contribution in [0.5, 0.6) is 0 Å². The van der Waals surface area contributed by atoms with Crippen molar-refractivity contribution in [2.45, 2.75) is 19.3 Å². The molecule has 29 heavy (non-hydrogen) atoms. The van der Waals surface area contributed by atoms with Crippen molar-refractivity contribution in [2.24, 2.45) is 0 Å². The highest BCUT2D eigenvalue weighted by Crippen LogP contribution is 2.38. The molecular weight excluding hydrogens is 423 g/mol. The summed E-state index contributed by atoms with van der Waals surface area (Å²) < 4.78 is 0. The van der Waals surface area contributed by atoms with Crippen LogP contribution < -0.4 is 10.2 Å². The Balaban J connectivity index is 2.10. The zero-order valence-corrected chi connectivity index (χ0v) is 16.6. The zero-order chi connectivity index (χ0) is 21.1. The third-order valence-electron chi connectivity index (χ3n) is 4.58. The number of nitrogens with zero attached hydrogens (tertiary/aromatic N) is 3. The predicted octanol–water partition coefficient (Wildman–Crippen LogP) is 5.05. The fourth-order valence-electron chi connectivity index (χ4n) is 3.24. The molecule has 1 aliphatic heterocycles. The van der Waals surface area contributed by atoms with Gasteiger partial charge in [-0.15, -0.1) is 0 Å². The number of nitrogens with one attached hydrogen (secondary N) is 1. The molecule has 3 rings (SSSR count). The number of carbonyl (C=O) groups excluding carboxylic acids is 1. The summed E-state index contributed by atoms with van der Waals surface area (Å²) in [6.45, 7) is 1.04. The summed E-state index contributed by atoms with van der Waals surface area (Å²) in [6, 6.07) is 6.37. The molecule has 0 radical (unpaired) electrons. The van der Waals surface area contributed by atoms with Crippen LogP contribution in [-0.2, 0) is 0 Å². The van der Waals surface area contributed by atoms with Crippen molar-refractivity contribution in [3.8, 4) is 0 Å². The molecule has 2 aromatic carbocycles. The molecule has 9 nitrogen and oxygen atoms in total. The van der Waals surface area contributed by atoms with Gasteiger partial charge in [0.15, 0.2) is 0 Å². The van der Waals surface area contributed by atoms with E-state index in [9.17, 15) is 25.0 Å². The lowest BCUT2D eigenvalue weighted by Gasteiger charge is -2.29. The maximum Gasteiger partial charge on any atom is 0.300 e. The van der Waals surface area contributed by atoms with Crippen molar-refractivity contribution in [3.63, 3.8) is 0 Å². The maximum atomic E-state index is 13.0. The van der Waals surface area contributed by atoms with Crippen LogP contribution in [0.25, 0.3) is 0 Å². The van der Waals surface area contributed by atoms with Gasteiger partial charge >= 0.3 is 0 Å². The topological polar surface area (TPSA) is 119 Å². The van der Waals surface area contributed by atoms with Crippen LogP contribution in [0.2, 0.25) is 10.0 Å². The Labute approximate surface area is 175 Å². The molecule has 11 heteroatoms. The molecule has 0 aromatic heterocycles. The Kier molecular flexibility index (Phi) is 6.19. The summed E-state index contributed by atoms with van der Waals surface area (Å²) in [5.74, 6) is -0.712. The molecule has 1 amide bonds. The van der Waals surface area contributed by atoms with Gasteiger partial charge in [0.05, 0.1) is 31.5 Å². The molecule has 0 aliphatic carbocycles. The largest absolute Gasteiger partial charge is 0.365 e. The van der Waals surface area contributed by atoms with Crippen LogP contribution in [0, 0.1) is 20.2 Å². The second-order valence-corrected chi connectivity index (χ2v) is 7.32. The highest BCUT2D eigenvalue weighted by molar-refractivity contribution is 6.42.